The van der Waals surface area contributed by atoms with Gasteiger partial charge in [-0.15, -0.1) is 0 Å². The fourth-order valence-corrected chi connectivity index (χ4v) is 2.29. The predicted molar refractivity (Wildman–Crippen MR) is 90.2 cm³/mol. The summed E-state index contributed by atoms with van der Waals surface area (Å²) in [6, 6.07) is 2.30. The van der Waals surface area contributed by atoms with Gasteiger partial charge in [-0.05, 0) is 24.1 Å². The molecule has 1 rings (SSSR count). The highest BCUT2D eigenvalue weighted by Crippen LogP contribution is 2.36. The lowest BCUT2D eigenvalue weighted by atomic mass is 9.99. The molecule has 0 heterocycles. The number of carbonyl (C=O) groups excluding carboxylic acids is 2. The van der Waals surface area contributed by atoms with Crippen LogP contribution in [-0.4, -0.2) is 36.3 Å². The third-order valence-electron chi connectivity index (χ3n) is 3.85. The summed E-state index contributed by atoms with van der Waals surface area (Å²) in [5, 5.41) is 1.86. The number of hydrogen-bond donors (Lipinski definition) is 2. The Morgan fingerprint density at radius 3 is 2.48 bits per heavy atom. The summed E-state index contributed by atoms with van der Waals surface area (Å²) in [6.45, 7) is 3.39. The normalized spacial score (nSPS) is 13.9. The zero-order valence-corrected chi connectivity index (χ0v) is 14.9. The first kappa shape index (κ1) is 21.2. The number of amides is 2. The summed E-state index contributed by atoms with van der Waals surface area (Å²) >= 11 is 5.52. The highest BCUT2D eigenvalue weighted by Gasteiger charge is 2.33. The summed E-state index contributed by atoms with van der Waals surface area (Å²) < 4.78 is 38.4. The molecule has 2 amide bonds. The molecule has 140 valence electrons. The lowest BCUT2D eigenvalue weighted by Gasteiger charge is -2.24. The molecule has 9 heteroatoms. The van der Waals surface area contributed by atoms with E-state index in [1.54, 1.807) is 0 Å². The predicted octanol–water partition coefficient (Wildman–Crippen LogP) is 3.13. The van der Waals surface area contributed by atoms with Gasteiger partial charge in [0, 0.05) is 12.7 Å². The quantitative estimate of drug-likeness (QED) is 0.797. The molecule has 0 aromatic heterocycles. The van der Waals surface area contributed by atoms with Crippen molar-refractivity contribution in [3.63, 3.8) is 0 Å². The molecule has 0 spiro atoms. The molecule has 0 aliphatic heterocycles. The van der Waals surface area contributed by atoms with Crippen LogP contribution in [0.3, 0.4) is 0 Å². The van der Waals surface area contributed by atoms with Crippen LogP contribution in [0.5, 0.6) is 0 Å². The minimum Gasteiger partial charge on any atom is -0.335 e. The number of anilines is 1. The molecule has 0 aliphatic rings. The average Bonchev–Trinajstić information content (AvgIpc) is 2.53. The van der Waals surface area contributed by atoms with Crippen LogP contribution in [0, 0.1) is 5.92 Å². The number of likely N-dealkylation sites (N-methyl/N-ethyl adjacent to an activating group) is 1. The van der Waals surface area contributed by atoms with E-state index in [0.29, 0.717) is 6.42 Å². The van der Waals surface area contributed by atoms with Crippen LogP contribution >= 0.6 is 11.6 Å². The van der Waals surface area contributed by atoms with E-state index < -0.39 is 34.6 Å². The number of hydrogen-bond acceptors (Lipinski definition) is 3. The van der Waals surface area contributed by atoms with Crippen molar-refractivity contribution in [3.8, 4) is 0 Å². The van der Waals surface area contributed by atoms with E-state index in [1.165, 1.54) is 13.1 Å². The molecule has 1 aromatic rings. The van der Waals surface area contributed by atoms with Crippen molar-refractivity contribution in [1.82, 2.24) is 4.90 Å². The molecular weight excluding hydrogens is 359 g/mol. The van der Waals surface area contributed by atoms with E-state index in [2.05, 4.69) is 5.32 Å². The van der Waals surface area contributed by atoms with E-state index >= 15 is 0 Å². The lowest BCUT2D eigenvalue weighted by molar-refractivity contribution is -0.137. The SMILES string of the molecule is CCC(C)C(N)C(=O)N(C)CC(=O)Nc1ccc(Cl)c(C(F)(F)F)c1. The smallest absolute Gasteiger partial charge is 0.335 e. The van der Waals surface area contributed by atoms with E-state index in [4.69, 9.17) is 17.3 Å². The topological polar surface area (TPSA) is 75.4 Å². The fourth-order valence-electron chi connectivity index (χ4n) is 2.07. The minimum atomic E-state index is -4.63. The zero-order chi connectivity index (χ0) is 19.4. The number of alkyl halides is 3. The Kier molecular flexibility index (Phi) is 7.25. The van der Waals surface area contributed by atoms with E-state index in [9.17, 15) is 22.8 Å². The Morgan fingerprint density at radius 1 is 1.36 bits per heavy atom. The van der Waals surface area contributed by atoms with Gasteiger partial charge in [0.15, 0.2) is 0 Å². The van der Waals surface area contributed by atoms with Crippen LogP contribution in [-0.2, 0) is 15.8 Å². The third kappa shape index (κ3) is 5.89. The molecule has 0 bridgehead atoms. The second-order valence-electron chi connectivity index (χ2n) is 5.85. The van der Waals surface area contributed by atoms with Gasteiger partial charge in [0.2, 0.25) is 11.8 Å². The first-order valence-electron chi connectivity index (χ1n) is 7.64. The standard InChI is InChI=1S/C16H21ClF3N3O2/c1-4-9(2)14(21)15(25)23(3)8-13(24)22-10-5-6-12(17)11(7-10)16(18,19)20/h5-7,9,14H,4,8,21H2,1-3H3,(H,22,24). The van der Waals surface area contributed by atoms with Crippen LogP contribution in [0.25, 0.3) is 0 Å². The monoisotopic (exact) mass is 379 g/mol. The Balaban J connectivity index is 2.76. The second-order valence-corrected chi connectivity index (χ2v) is 6.25. The maximum absolute atomic E-state index is 12.8. The average molecular weight is 380 g/mol. The van der Waals surface area contributed by atoms with Crippen molar-refractivity contribution in [3.05, 3.63) is 28.8 Å². The first-order chi connectivity index (χ1) is 11.5. The van der Waals surface area contributed by atoms with Crippen molar-refractivity contribution in [2.45, 2.75) is 32.5 Å². The number of rotatable bonds is 6. The first-order valence-corrected chi connectivity index (χ1v) is 8.02. The van der Waals surface area contributed by atoms with Crippen LogP contribution in [0.2, 0.25) is 5.02 Å². The van der Waals surface area contributed by atoms with Crippen molar-refractivity contribution in [2.24, 2.45) is 11.7 Å². The molecule has 2 atom stereocenters. The summed E-state index contributed by atoms with van der Waals surface area (Å²) in [5.41, 5.74) is 4.71. The fraction of sp³-hybridized carbons (Fsp3) is 0.500. The Hall–Kier alpha value is -1.80. The van der Waals surface area contributed by atoms with E-state index in [-0.39, 0.29) is 18.2 Å². The molecule has 0 aliphatic carbocycles. The van der Waals surface area contributed by atoms with Gasteiger partial charge in [-0.2, -0.15) is 13.2 Å². The van der Waals surface area contributed by atoms with Gasteiger partial charge in [-0.1, -0.05) is 31.9 Å². The second kappa shape index (κ2) is 8.53. The van der Waals surface area contributed by atoms with Crippen molar-refractivity contribution >= 4 is 29.1 Å². The van der Waals surface area contributed by atoms with Crippen LogP contribution < -0.4 is 11.1 Å². The molecule has 1 aromatic carbocycles. The van der Waals surface area contributed by atoms with Gasteiger partial charge in [-0.3, -0.25) is 9.59 Å². The van der Waals surface area contributed by atoms with Crippen molar-refractivity contribution in [1.29, 1.82) is 0 Å². The Bertz CT molecular complexity index is 638. The van der Waals surface area contributed by atoms with Gasteiger partial charge >= 0.3 is 6.18 Å². The van der Waals surface area contributed by atoms with Gasteiger partial charge in [0.05, 0.1) is 23.2 Å². The Labute approximate surface area is 149 Å². The van der Waals surface area contributed by atoms with Crippen LogP contribution in [0.15, 0.2) is 18.2 Å². The number of nitrogens with two attached hydrogens (primary N) is 1. The molecule has 0 saturated heterocycles. The van der Waals surface area contributed by atoms with Gasteiger partial charge < -0.3 is 16.0 Å². The van der Waals surface area contributed by atoms with Crippen LogP contribution in [0.4, 0.5) is 18.9 Å². The van der Waals surface area contributed by atoms with Gasteiger partial charge in [0.1, 0.15) is 0 Å². The molecule has 5 nitrogen and oxygen atoms in total. The molecule has 0 radical (unpaired) electrons. The van der Waals surface area contributed by atoms with Crippen LogP contribution in [0.1, 0.15) is 25.8 Å². The van der Waals surface area contributed by atoms with Crippen molar-refractivity contribution < 1.29 is 22.8 Å². The largest absolute Gasteiger partial charge is 0.417 e. The molecule has 2 unspecified atom stereocenters. The maximum atomic E-state index is 12.8. The van der Waals surface area contributed by atoms with Gasteiger partial charge in [0.25, 0.3) is 0 Å². The number of halogens is 4. The van der Waals surface area contributed by atoms with Crippen molar-refractivity contribution in [2.75, 3.05) is 18.9 Å². The number of benzene rings is 1. The highest BCUT2D eigenvalue weighted by molar-refractivity contribution is 6.31. The molecular formula is C16H21ClF3N3O2. The zero-order valence-electron chi connectivity index (χ0n) is 14.2. The minimum absolute atomic E-state index is 0.0522. The highest BCUT2D eigenvalue weighted by atomic mass is 35.5. The molecule has 0 fully saturated rings. The molecule has 25 heavy (non-hydrogen) atoms. The molecule has 0 saturated carbocycles. The third-order valence-corrected chi connectivity index (χ3v) is 4.18. The number of nitrogens with one attached hydrogen (secondary N) is 1. The Morgan fingerprint density at radius 2 is 1.96 bits per heavy atom. The number of nitrogens with zero attached hydrogens (tertiary/aromatic N) is 1. The number of carbonyl (C=O) groups is 2. The summed E-state index contributed by atoms with van der Waals surface area (Å²) in [4.78, 5) is 25.2. The lowest BCUT2D eigenvalue weighted by Crippen LogP contribution is -2.47. The maximum Gasteiger partial charge on any atom is 0.417 e. The van der Waals surface area contributed by atoms with E-state index in [1.807, 2.05) is 13.8 Å². The molecule has 3 N–H and O–H groups in total. The summed E-state index contributed by atoms with van der Waals surface area (Å²) in [5.74, 6) is -1.09. The summed E-state index contributed by atoms with van der Waals surface area (Å²) in [6.07, 6.45) is -3.93. The summed E-state index contributed by atoms with van der Waals surface area (Å²) in [7, 11) is 1.41. The van der Waals surface area contributed by atoms with Gasteiger partial charge in [-0.25, -0.2) is 0 Å². The van der Waals surface area contributed by atoms with E-state index in [0.717, 1.165) is 17.0 Å².